The second-order valence-electron chi connectivity index (χ2n) is 14.6. The molecule has 0 fully saturated rings. The molecule has 8 heteroatoms. The van der Waals surface area contributed by atoms with E-state index in [0.717, 1.165) is 45.0 Å². The summed E-state index contributed by atoms with van der Waals surface area (Å²) < 4.78 is 40.8. The van der Waals surface area contributed by atoms with Crippen LogP contribution < -0.4 is 18.2 Å². The molecule has 4 aliphatic heterocycles. The van der Waals surface area contributed by atoms with Crippen molar-refractivity contribution in [2.45, 2.75) is 5.66 Å². The molecule has 6 aromatic carbocycles. The number of fused-ring (bicyclic) bond motifs is 13. The minimum absolute atomic E-state index is 0.438. The van der Waals surface area contributed by atoms with E-state index < -0.39 is 18.4 Å². The molecule has 0 aliphatic carbocycles. The third kappa shape index (κ3) is 2.75. The standard InChI is InChI=1S/C45H25N5O2Se/c51-53(52)39-17-6-3-11-30(39)31-19-18-26(23-40(31)53)27-24-47-36-21-20-32-28-9-1-4-13-34(28)49-37-15-7-16-38-41(37)45(48(47)25-27,42(36)43(32)49)46-22-8-12-33-29-10-2-5-14-35(29)50(38)44(33)46/h1-25H/q+2. The van der Waals surface area contributed by atoms with Gasteiger partial charge in [-0.3, -0.25) is 0 Å². The van der Waals surface area contributed by atoms with Crippen LogP contribution >= 0.6 is 0 Å². The van der Waals surface area contributed by atoms with Crippen LogP contribution in [-0.2, 0) is 13.3 Å². The van der Waals surface area contributed by atoms with E-state index in [1.54, 1.807) is 6.07 Å². The van der Waals surface area contributed by atoms with Gasteiger partial charge in [0.15, 0.2) is 0 Å². The zero-order valence-corrected chi connectivity index (χ0v) is 29.6. The van der Waals surface area contributed by atoms with Crippen LogP contribution in [0.3, 0.4) is 0 Å². The molecule has 0 amide bonds. The zero-order chi connectivity index (χ0) is 34.5. The number of para-hydroxylation sites is 2. The monoisotopic (exact) mass is 747 g/mol. The summed E-state index contributed by atoms with van der Waals surface area (Å²) in [6.07, 6.45) is 6.67. The molecule has 1 spiro atoms. The Morgan fingerprint density at radius 2 is 1.26 bits per heavy atom. The van der Waals surface area contributed by atoms with E-state index in [9.17, 15) is 7.67 Å². The molecule has 0 N–H and O–H groups in total. The van der Waals surface area contributed by atoms with Gasteiger partial charge >= 0.3 is 280 Å². The SMILES string of the molecule is O=[Se]1(=O)c2ccccc2-c2ccc(-c3cn4[n+](c3)C35c6c(cccc6-n6c7ccccc7c7ccc[n+]3c76)-n3c6ccccc6c6ccc-4c5c63)cc21. The molecule has 7 nitrogen and oxygen atoms in total. The molecular weight excluding hydrogens is 721 g/mol. The van der Waals surface area contributed by atoms with Gasteiger partial charge in [-0.15, -0.1) is 0 Å². The van der Waals surface area contributed by atoms with Crippen molar-refractivity contribution in [2.24, 2.45) is 0 Å². The summed E-state index contributed by atoms with van der Waals surface area (Å²) in [5, 5.41) is 4.88. The number of hydrogen-bond donors (Lipinski definition) is 0. The third-order valence-corrected chi connectivity index (χ3v) is 16.3. The predicted molar refractivity (Wildman–Crippen MR) is 204 cm³/mol. The van der Waals surface area contributed by atoms with Crippen molar-refractivity contribution in [2.75, 3.05) is 0 Å². The summed E-state index contributed by atoms with van der Waals surface area (Å²) in [5.74, 6) is 0. The quantitative estimate of drug-likeness (QED) is 0.142. The fourth-order valence-electron chi connectivity index (χ4n) is 10.4. The maximum absolute atomic E-state index is 13.9. The summed E-state index contributed by atoms with van der Waals surface area (Å²) in [6, 6.07) is 46.5. The Labute approximate surface area is 303 Å². The van der Waals surface area contributed by atoms with Gasteiger partial charge in [0.1, 0.15) is 0 Å². The molecule has 4 aliphatic rings. The number of pyridine rings is 1. The summed E-state index contributed by atoms with van der Waals surface area (Å²) >= 11 is -4.57. The Hall–Kier alpha value is -6.60. The van der Waals surface area contributed by atoms with E-state index in [-0.39, 0.29) is 0 Å². The number of benzene rings is 6. The maximum atomic E-state index is 13.9. The van der Waals surface area contributed by atoms with Gasteiger partial charge in [0.25, 0.3) is 0 Å². The van der Waals surface area contributed by atoms with Crippen LogP contribution in [0.25, 0.3) is 83.1 Å². The molecule has 0 bridgehead atoms. The average molecular weight is 747 g/mol. The second-order valence-corrected chi connectivity index (χ2v) is 18.6. The number of hydrogen-bond acceptors (Lipinski definition) is 2. The van der Waals surface area contributed by atoms with Crippen LogP contribution in [0, 0.1) is 0 Å². The summed E-state index contributed by atoms with van der Waals surface area (Å²) in [4.78, 5) is 0. The second kappa shape index (κ2) is 8.54. The van der Waals surface area contributed by atoms with E-state index in [0.29, 0.717) is 8.92 Å². The molecule has 10 aromatic rings. The minimum atomic E-state index is -4.57. The Morgan fingerprint density at radius 3 is 2.13 bits per heavy atom. The first-order valence-electron chi connectivity index (χ1n) is 17.9. The van der Waals surface area contributed by atoms with Crippen molar-refractivity contribution in [3.05, 3.63) is 163 Å². The van der Waals surface area contributed by atoms with Crippen molar-refractivity contribution < 1.29 is 16.9 Å². The Morgan fingerprint density at radius 1 is 0.547 bits per heavy atom. The van der Waals surface area contributed by atoms with E-state index >= 15 is 0 Å². The van der Waals surface area contributed by atoms with Gasteiger partial charge in [-0.25, -0.2) is 0 Å². The van der Waals surface area contributed by atoms with E-state index in [4.69, 9.17) is 0 Å². The van der Waals surface area contributed by atoms with E-state index in [1.807, 2.05) is 30.3 Å². The van der Waals surface area contributed by atoms with Crippen LogP contribution in [0.1, 0.15) is 11.1 Å². The van der Waals surface area contributed by atoms with Crippen molar-refractivity contribution in [1.29, 1.82) is 0 Å². The first kappa shape index (κ1) is 27.1. The Bertz CT molecular complexity index is 3540. The molecule has 246 valence electrons. The Balaban J connectivity index is 1.16. The molecule has 0 radical (unpaired) electrons. The van der Waals surface area contributed by atoms with Crippen molar-refractivity contribution >= 4 is 65.4 Å². The first-order valence-corrected chi connectivity index (χ1v) is 21.0. The molecule has 14 rings (SSSR count). The van der Waals surface area contributed by atoms with Gasteiger partial charge < -0.3 is 0 Å². The van der Waals surface area contributed by atoms with Gasteiger partial charge in [-0.05, 0) is 0 Å². The molecule has 0 saturated heterocycles. The fourth-order valence-corrected chi connectivity index (χ4v) is 14.0. The molecule has 1 atom stereocenters. The van der Waals surface area contributed by atoms with E-state index in [1.165, 1.54) is 49.2 Å². The van der Waals surface area contributed by atoms with Gasteiger partial charge in [-0.2, -0.15) is 0 Å². The van der Waals surface area contributed by atoms with Gasteiger partial charge in [0, 0.05) is 0 Å². The number of aromatic nitrogens is 5. The van der Waals surface area contributed by atoms with Crippen LogP contribution in [-0.4, -0.2) is 26.5 Å². The van der Waals surface area contributed by atoms with Gasteiger partial charge in [0.05, 0.1) is 0 Å². The molecule has 53 heavy (non-hydrogen) atoms. The molecule has 4 aromatic heterocycles. The summed E-state index contributed by atoms with van der Waals surface area (Å²) in [5.41, 5.74) is 13.2. The molecular formula is C45H25N5O2Se+2. The fraction of sp³-hybridized carbons (Fsp3) is 0.0222. The van der Waals surface area contributed by atoms with Crippen LogP contribution in [0.4, 0.5) is 0 Å². The van der Waals surface area contributed by atoms with Crippen LogP contribution in [0.5, 0.6) is 0 Å². The van der Waals surface area contributed by atoms with Gasteiger partial charge in [0.2, 0.25) is 0 Å². The third-order valence-electron chi connectivity index (χ3n) is 12.4. The number of nitrogens with zero attached hydrogens (tertiary/aromatic N) is 5. The Kier molecular flexibility index (Phi) is 4.37. The van der Waals surface area contributed by atoms with Crippen molar-refractivity contribution in [3.63, 3.8) is 0 Å². The van der Waals surface area contributed by atoms with Crippen LogP contribution in [0.15, 0.2) is 152 Å². The summed E-state index contributed by atoms with van der Waals surface area (Å²) in [7, 11) is 0. The zero-order valence-electron chi connectivity index (χ0n) is 27.9. The average Bonchev–Trinajstić information content (AvgIpc) is 3.98. The number of rotatable bonds is 1. The predicted octanol–water partition coefficient (Wildman–Crippen LogP) is 6.55. The van der Waals surface area contributed by atoms with Crippen molar-refractivity contribution in [3.8, 4) is 39.3 Å². The summed E-state index contributed by atoms with van der Waals surface area (Å²) in [6.45, 7) is 0. The van der Waals surface area contributed by atoms with Crippen molar-refractivity contribution in [1.82, 2.24) is 13.8 Å². The van der Waals surface area contributed by atoms with E-state index in [2.05, 4.69) is 139 Å². The molecule has 0 saturated carbocycles. The van der Waals surface area contributed by atoms with Crippen LogP contribution in [0.2, 0.25) is 0 Å². The normalized spacial score (nSPS) is 17.4. The molecule has 1 unspecified atom stereocenters. The molecule has 8 heterocycles. The van der Waals surface area contributed by atoms with Gasteiger partial charge in [-0.1, -0.05) is 24.3 Å². The first-order chi connectivity index (χ1) is 26.1. The topological polar surface area (TPSA) is 56.7 Å².